The highest BCUT2D eigenvalue weighted by molar-refractivity contribution is 5.92. The van der Waals surface area contributed by atoms with Crippen LogP contribution in [-0.4, -0.2) is 29.8 Å². The van der Waals surface area contributed by atoms with E-state index in [0.717, 1.165) is 0 Å². The highest BCUT2D eigenvalue weighted by Crippen LogP contribution is 2.20. The zero-order valence-corrected chi connectivity index (χ0v) is 14.4. The molecule has 0 radical (unpaired) electrons. The van der Waals surface area contributed by atoms with Crippen molar-refractivity contribution in [2.24, 2.45) is 11.3 Å². The van der Waals surface area contributed by atoms with E-state index in [0.29, 0.717) is 12.3 Å². The lowest BCUT2D eigenvalue weighted by Crippen LogP contribution is -2.50. The Morgan fingerprint density at radius 3 is 1.85 bits per heavy atom. The monoisotopic (exact) mass is 284 g/mol. The molecule has 0 aromatic heterocycles. The van der Waals surface area contributed by atoms with E-state index in [9.17, 15) is 9.59 Å². The Hall–Kier alpha value is -0.900. The summed E-state index contributed by atoms with van der Waals surface area (Å²) in [5.74, 6) is 0.334. The normalized spacial score (nSPS) is 14.2. The van der Waals surface area contributed by atoms with Crippen LogP contribution in [0, 0.1) is 11.3 Å². The van der Waals surface area contributed by atoms with Crippen LogP contribution < -0.4 is 10.6 Å². The summed E-state index contributed by atoms with van der Waals surface area (Å²) in [6.45, 7) is 16.0. The van der Waals surface area contributed by atoms with Crippen LogP contribution in [0.4, 0.5) is 0 Å². The minimum Gasteiger partial charge on any atom is -0.345 e. The van der Waals surface area contributed by atoms with Crippen molar-refractivity contribution < 1.29 is 9.59 Å². The van der Waals surface area contributed by atoms with Gasteiger partial charge in [0.2, 0.25) is 5.91 Å². The lowest BCUT2D eigenvalue weighted by molar-refractivity contribution is -0.132. The smallest absolute Gasteiger partial charge is 0.234 e. The molecule has 1 atom stereocenters. The molecule has 0 aromatic rings. The van der Waals surface area contributed by atoms with Gasteiger partial charge in [-0.25, -0.2) is 0 Å². The predicted octanol–water partition coefficient (Wildman–Crippen LogP) is 2.52. The molecule has 0 spiro atoms. The fourth-order valence-corrected chi connectivity index (χ4v) is 1.82. The van der Waals surface area contributed by atoms with Crippen molar-refractivity contribution in [3.63, 3.8) is 0 Å². The first kappa shape index (κ1) is 19.1. The van der Waals surface area contributed by atoms with E-state index in [-0.39, 0.29) is 23.8 Å². The minimum atomic E-state index is -0.440. The predicted molar refractivity (Wildman–Crippen MR) is 83.6 cm³/mol. The van der Waals surface area contributed by atoms with Gasteiger partial charge < -0.3 is 10.6 Å². The van der Waals surface area contributed by atoms with Crippen LogP contribution >= 0.6 is 0 Å². The summed E-state index contributed by atoms with van der Waals surface area (Å²) in [5, 5.41) is 6.01. The average molecular weight is 284 g/mol. The maximum absolute atomic E-state index is 12.4. The van der Waals surface area contributed by atoms with Gasteiger partial charge in [0.1, 0.15) is 0 Å². The van der Waals surface area contributed by atoms with Gasteiger partial charge in [-0.1, -0.05) is 34.6 Å². The van der Waals surface area contributed by atoms with Gasteiger partial charge >= 0.3 is 0 Å². The molecule has 20 heavy (non-hydrogen) atoms. The summed E-state index contributed by atoms with van der Waals surface area (Å²) in [4.78, 5) is 24.4. The molecule has 0 saturated heterocycles. The zero-order chi connectivity index (χ0) is 16.1. The first-order valence-electron chi connectivity index (χ1n) is 7.41. The zero-order valence-electron chi connectivity index (χ0n) is 14.4. The fourth-order valence-electron chi connectivity index (χ4n) is 1.82. The number of hydrogen-bond donors (Lipinski definition) is 2. The SMILES string of the molecule is CC(C)C[C@H](NC(=O)CNC(C)(C)C)C(=O)C(C)(C)C. The highest BCUT2D eigenvalue weighted by atomic mass is 16.2. The third-order valence-corrected chi connectivity index (χ3v) is 2.88. The van der Waals surface area contributed by atoms with E-state index in [1.807, 2.05) is 41.5 Å². The Balaban J connectivity index is 4.66. The van der Waals surface area contributed by atoms with E-state index in [1.165, 1.54) is 0 Å². The summed E-state index contributed by atoms with van der Waals surface area (Å²) in [7, 11) is 0. The van der Waals surface area contributed by atoms with Crippen LogP contribution in [0.5, 0.6) is 0 Å². The molecular formula is C16H32N2O2. The summed E-state index contributed by atoms with van der Waals surface area (Å²) in [6.07, 6.45) is 0.678. The van der Waals surface area contributed by atoms with Gasteiger partial charge in [-0.05, 0) is 33.1 Å². The van der Waals surface area contributed by atoms with Crippen LogP contribution in [0.25, 0.3) is 0 Å². The van der Waals surface area contributed by atoms with Gasteiger partial charge in [-0.15, -0.1) is 0 Å². The molecular weight excluding hydrogens is 252 g/mol. The number of ketones is 1. The third-order valence-electron chi connectivity index (χ3n) is 2.88. The fraction of sp³-hybridized carbons (Fsp3) is 0.875. The van der Waals surface area contributed by atoms with Crippen molar-refractivity contribution in [2.45, 2.75) is 73.4 Å². The molecule has 0 unspecified atom stereocenters. The number of nitrogens with one attached hydrogen (secondary N) is 2. The Morgan fingerprint density at radius 2 is 1.50 bits per heavy atom. The van der Waals surface area contributed by atoms with Crippen LogP contribution in [0.3, 0.4) is 0 Å². The lowest BCUT2D eigenvalue weighted by atomic mass is 9.83. The second-order valence-electron chi connectivity index (χ2n) is 7.97. The van der Waals surface area contributed by atoms with E-state index >= 15 is 0 Å². The van der Waals surface area contributed by atoms with Crippen LogP contribution in [0.2, 0.25) is 0 Å². The van der Waals surface area contributed by atoms with E-state index in [2.05, 4.69) is 24.5 Å². The van der Waals surface area contributed by atoms with Crippen LogP contribution in [0.1, 0.15) is 61.8 Å². The number of hydrogen-bond acceptors (Lipinski definition) is 3. The Kier molecular flexibility index (Phi) is 6.88. The molecule has 0 aliphatic carbocycles. The summed E-state index contributed by atoms with van der Waals surface area (Å²) >= 11 is 0. The molecule has 0 aromatic carbocycles. The molecule has 1 amide bonds. The van der Waals surface area contributed by atoms with Crippen molar-refractivity contribution in [3.8, 4) is 0 Å². The molecule has 0 aliphatic rings. The molecule has 0 heterocycles. The van der Waals surface area contributed by atoms with Crippen molar-refractivity contribution >= 4 is 11.7 Å². The van der Waals surface area contributed by atoms with Crippen molar-refractivity contribution in [2.75, 3.05) is 6.54 Å². The van der Waals surface area contributed by atoms with Gasteiger partial charge in [-0.3, -0.25) is 9.59 Å². The number of Topliss-reactive ketones (excluding diaryl/α,β-unsaturated/α-hetero) is 1. The van der Waals surface area contributed by atoms with Crippen molar-refractivity contribution in [1.29, 1.82) is 0 Å². The topological polar surface area (TPSA) is 58.2 Å². The molecule has 0 aliphatic heterocycles. The molecule has 118 valence electrons. The van der Waals surface area contributed by atoms with Crippen molar-refractivity contribution in [3.05, 3.63) is 0 Å². The summed E-state index contributed by atoms with van der Waals surface area (Å²) in [6, 6.07) is -0.399. The van der Waals surface area contributed by atoms with E-state index < -0.39 is 11.5 Å². The van der Waals surface area contributed by atoms with E-state index in [4.69, 9.17) is 0 Å². The first-order valence-corrected chi connectivity index (χ1v) is 7.41. The van der Waals surface area contributed by atoms with Crippen LogP contribution in [0.15, 0.2) is 0 Å². The lowest BCUT2D eigenvalue weighted by Gasteiger charge is -2.27. The number of carbonyl (C=O) groups is 2. The molecule has 0 fully saturated rings. The number of carbonyl (C=O) groups excluding carboxylic acids is 2. The van der Waals surface area contributed by atoms with E-state index in [1.54, 1.807) is 0 Å². The maximum atomic E-state index is 12.4. The first-order chi connectivity index (χ1) is 8.83. The highest BCUT2D eigenvalue weighted by Gasteiger charge is 2.31. The number of rotatable bonds is 6. The summed E-state index contributed by atoms with van der Waals surface area (Å²) in [5.41, 5.74) is -0.552. The van der Waals surface area contributed by atoms with Crippen molar-refractivity contribution in [1.82, 2.24) is 10.6 Å². The Labute approximate surface area is 124 Å². The molecule has 4 heteroatoms. The summed E-state index contributed by atoms with van der Waals surface area (Å²) < 4.78 is 0. The Bertz CT molecular complexity index is 335. The molecule has 0 bridgehead atoms. The molecule has 0 rings (SSSR count). The van der Waals surface area contributed by atoms with Crippen LogP contribution in [-0.2, 0) is 9.59 Å². The molecule has 0 saturated carbocycles. The maximum Gasteiger partial charge on any atom is 0.234 e. The third kappa shape index (κ3) is 8.31. The quantitative estimate of drug-likeness (QED) is 0.788. The number of amides is 1. The minimum absolute atomic E-state index is 0.0929. The standard InChI is InChI=1S/C16H32N2O2/c1-11(2)9-12(14(20)15(3,4)5)18-13(19)10-17-16(6,7)8/h11-12,17H,9-10H2,1-8H3,(H,18,19)/t12-/m0/s1. The van der Waals surface area contributed by atoms with Gasteiger partial charge in [-0.2, -0.15) is 0 Å². The average Bonchev–Trinajstić information content (AvgIpc) is 2.21. The Morgan fingerprint density at radius 1 is 1.00 bits per heavy atom. The van der Waals surface area contributed by atoms with Gasteiger partial charge in [0.25, 0.3) is 0 Å². The largest absolute Gasteiger partial charge is 0.345 e. The van der Waals surface area contributed by atoms with Gasteiger partial charge in [0.05, 0.1) is 12.6 Å². The second-order valence-corrected chi connectivity index (χ2v) is 7.97. The molecule has 2 N–H and O–H groups in total. The van der Waals surface area contributed by atoms with Gasteiger partial charge in [0.15, 0.2) is 5.78 Å². The second kappa shape index (κ2) is 7.21. The molecule has 4 nitrogen and oxygen atoms in total. The van der Waals surface area contributed by atoms with Gasteiger partial charge in [0, 0.05) is 11.0 Å².